The third kappa shape index (κ3) is 3.49. The Morgan fingerprint density at radius 2 is 1.57 bits per heavy atom. The number of para-hydroxylation sites is 2. The number of halogens is 1. The SMILES string of the molecule is Nc1ccccc1N1CCN(Cc2ccc(Cl)cc2)CC1. The van der Waals surface area contributed by atoms with Gasteiger partial charge in [0, 0.05) is 37.7 Å². The van der Waals surface area contributed by atoms with Crippen LogP contribution in [0.2, 0.25) is 5.02 Å². The van der Waals surface area contributed by atoms with Crippen LogP contribution in [-0.4, -0.2) is 31.1 Å². The molecule has 0 atom stereocenters. The Hall–Kier alpha value is -1.71. The molecule has 1 saturated heterocycles. The van der Waals surface area contributed by atoms with Crippen molar-refractivity contribution in [1.82, 2.24) is 4.90 Å². The van der Waals surface area contributed by atoms with E-state index in [-0.39, 0.29) is 0 Å². The number of hydrogen-bond donors (Lipinski definition) is 1. The Labute approximate surface area is 130 Å². The Balaban J connectivity index is 1.58. The Bertz CT molecular complexity index is 589. The number of rotatable bonds is 3. The van der Waals surface area contributed by atoms with Crippen molar-refractivity contribution in [3.05, 3.63) is 59.1 Å². The van der Waals surface area contributed by atoms with Crippen LogP contribution in [0.4, 0.5) is 11.4 Å². The largest absolute Gasteiger partial charge is 0.397 e. The maximum atomic E-state index is 6.06. The molecule has 2 aromatic carbocycles. The van der Waals surface area contributed by atoms with Gasteiger partial charge in [-0.3, -0.25) is 4.90 Å². The Morgan fingerprint density at radius 3 is 2.24 bits per heavy atom. The van der Waals surface area contributed by atoms with Gasteiger partial charge in [-0.25, -0.2) is 0 Å². The molecule has 0 aliphatic carbocycles. The highest BCUT2D eigenvalue weighted by Gasteiger charge is 2.18. The van der Waals surface area contributed by atoms with Crippen molar-refractivity contribution in [3.63, 3.8) is 0 Å². The number of nitrogens with zero attached hydrogens (tertiary/aromatic N) is 2. The second-order valence-corrected chi connectivity index (χ2v) is 5.88. The van der Waals surface area contributed by atoms with Gasteiger partial charge in [-0.1, -0.05) is 35.9 Å². The lowest BCUT2D eigenvalue weighted by Gasteiger charge is -2.36. The number of piperazine rings is 1. The van der Waals surface area contributed by atoms with Gasteiger partial charge in [0.25, 0.3) is 0 Å². The molecule has 1 aliphatic rings. The predicted octanol–water partition coefficient (Wildman–Crippen LogP) is 3.24. The number of anilines is 2. The van der Waals surface area contributed by atoms with Crippen LogP contribution < -0.4 is 10.6 Å². The molecule has 0 saturated carbocycles. The van der Waals surface area contributed by atoms with Crippen molar-refractivity contribution >= 4 is 23.0 Å². The van der Waals surface area contributed by atoms with Gasteiger partial charge < -0.3 is 10.6 Å². The average molecular weight is 302 g/mol. The molecule has 0 spiro atoms. The zero-order valence-electron chi connectivity index (χ0n) is 12.0. The van der Waals surface area contributed by atoms with Gasteiger partial charge in [0.05, 0.1) is 11.4 Å². The minimum atomic E-state index is 0.795. The van der Waals surface area contributed by atoms with Gasteiger partial charge in [0.2, 0.25) is 0 Å². The van der Waals surface area contributed by atoms with E-state index in [4.69, 9.17) is 17.3 Å². The molecule has 0 amide bonds. The quantitative estimate of drug-likeness (QED) is 0.883. The molecular formula is C17H20ClN3. The summed E-state index contributed by atoms with van der Waals surface area (Å²) >= 11 is 5.92. The van der Waals surface area contributed by atoms with Crippen molar-refractivity contribution in [2.45, 2.75) is 6.54 Å². The summed E-state index contributed by atoms with van der Waals surface area (Å²) in [5, 5.41) is 0.795. The van der Waals surface area contributed by atoms with Gasteiger partial charge >= 0.3 is 0 Å². The lowest BCUT2D eigenvalue weighted by Crippen LogP contribution is -2.46. The van der Waals surface area contributed by atoms with E-state index in [9.17, 15) is 0 Å². The summed E-state index contributed by atoms with van der Waals surface area (Å²) in [6, 6.07) is 16.2. The van der Waals surface area contributed by atoms with Gasteiger partial charge in [-0.15, -0.1) is 0 Å². The van der Waals surface area contributed by atoms with Crippen LogP contribution in [0.25, 0.3) is 0 Å². The summed E-state index contributed by atoms with van der Waals surface area (Å²) in [5.41, 5.74) is 9.39. The fraction of sp³-hybridized carbons (Fsp3) is 0.294. The molecule has 21 heavy (non-hydrogen) atoms. The van der Waals surface area contributed by atoms with Gasteiger partial charge in [0.1, 0.15) is 0 Å². The molecule has 4 heteroatoms. The molecule has 1 fully saturated rings. The molecule has 1 heterocycles. The van der Waals surface area contributed by atoms with Crippen LogP contribution in [-0.2, 0) is 6.54 Å². The van der Waals surface area contributed by atoms with E-state index in [2.05, 4.69) is 28.0 Å². The normalized spacial score (nSPS) is 16.1. The summed E-state index contributed by atoms with van der Waals surface area (Å²) in [6.45, 7) is 5.12. The third-order valence-electron chi connectivity index (χ3n) is 3.97. The number of benzene rings is 2. The first-order valence-corrected chi connectivity index (χ1v) is 7.66. The zero-order chi connectivity index (χ0) is 14.7. The fourth-order valence-corrected chi connectivity index (χ4v) is 2.90. The summed E-state index contributed by atoms with van der Waals surface area (Å²) in [7, 11) is 0. The maximum Gasteiger partial charge on any atom is 0.0600 e. The van der Waals surface area contributed by atoms with Crippen LogP contribution in [0.5, 0.6) is 0 Å². The first-order valence-electron chi connectivity index (χ1n) is 7.28. The first kappa shape index (κ1) is 14.2. The van der Waals surface area contributed by atoms with Crippen molar-refractivity contribution in [3.8, 4) is 0 Å². The Morgan fingerprint density at radius 1 is 0.905 bits per heavy atom. The predicted molar refractivity (Wildman–Crippen MR) is 89.8 cm³/mol. The molecule has 0 bridgehead atoms. The highest BCUT2D eigenvalue weighted by molar-refractivity contribution is 6.30. The lowest BCUT2D eigenvalue weighted by molar-refractivity contribution is 0.250. The number of nitrogen functional groups attached to an aromatic ring is 1. The lowest BCUT2D eigenvalue weighted by atomic mass is 10.2. The second kappa shape index (κ2) is 6.37. The third-order valence-corrected chi connectivity index (χ3v) is 4.22. The van der Waals surface area contributed by atoms with E-state index in [1.165, 1.54) is 5.56 Å². The highest BCUT2D eigenvalue weighted by Crippen LogP contribution is 2.24. The van der Waals surface area contributed by atoms with Crippen LogP contribution in [0.1, 0.15) is 5.56 Å². The van der Waals surface area contributed by atoms with Crippen LogP contribution >= 0.6 is 11.6 Å². The van der Waals surface area contributed by atoms with Gasteiger partial charge in [0.15, 0.2) is 0 Å². The molecule has 3 rings (SSSR count). The second-order valence-electron chi connectivity index (χ2n) is 5.45. The van der Waals surface area contributed by atoms with Crippen LogP contribution in [0, 0.1) is 0 Å². The number of hydrogen-bond acceptors (Lipinski definition) is 3. The first-order chi connectivity index (χ1) is 10.2. The summed E-state index contributed by atoms with van der Waals surface area (Å²) in [5.74, 6) is 0. The molecule has 2 aromatic rings. The zero-order valence-corrected chi connectivity index (χ0v) is 12.8. The summed E-state index contributed by atoms with van der Waals surface area (Å²) in [6.07, 6.45) is 0. The summed E-state index contributed by atoms with van der Waals surface area (Å²) < 4.78 is 0. The number of nitrogens with two attached hydrogens (primary N) is 1. The van der Waals surface area contributed by atoms with E-state index in [0.29, 0.717) is 0 Å². The van der Waals surface area contributed by atoms with Gasteiger partial charge in [-0.05, 0) is 29.8 Å². The van der Waals surface area contributed by atoms with Crippen molar-refractivity contribution in [2.75, 3.05) is 36.8 Å². The van der Waals surface area contributed by atoms with E-state index < -0.39 is 0 Å². The fourth-order valence-electron chi connectivity index (χ4n) is 2.77. The van der Waals surface area contributed by atoms with Crippen LogP contribution in [0.3, 0.4) is 0 Å². The highest BCUT2D eigenvalue weighted by atomic mass is 35.5. The Kier molecular flexibility index (Phi) is 4.32. The van der Waals surface area contributed by atoms with Crippen LogP contribution in [0.15, 0.2) is 48.5 Å². The minimum Gasteiger partial charge on any atom is -0.397 e. The van der Waals surface area contributed by atoms with Crippen molar-refractivity contribution in [1.29, 1.82) is 0 Å². The monoisotopic (exact) mass is 301 g/mol. The van der Waals surface area contributed by atoms with E-state index in [1.807, 2.05) is 30.3 Å². The van der Waals surface area contributed by atoms with E-state index >= 15 is 0 Å². The molecule has 0 radical (unpaired) electrons. The molecular weight excluding hydrogens is 282 g/mol. The van der Waals surface area contributed by atoms with E-state index in [1.54, 1.807) is 0 Å². The molecule has 110 valence electrons. The standard InChI is InChI=1S/C17H20ClN3/c18-15-7-5-14(6-8-15)13-20-9-11-21(12-10-20)17-4-2-1-3-16(17)19/h1-8H,9-13,19H2. The minimum absolute atomic E-state index is 0.795. The molecule has 0 aromatic heterocycles. The smallest absolute Gasteiger partial charge is 0.0600 e. The molecule has 2 N–H and O–H groups in total. The molecule has 0 unspecified atom stereocenters. The topological polar surface area (TPSA) is 32.5 Å². The summed E-state index contributed by atoms with van der Waals surface area (Å²) in [4.78, 5) is 4.84. The average Bonchev–Trinajstić information content (AvgIpc) is 2.51. The molecule has 3 nitrogen and oxygen atoms in total. The van der Waals surface area contributed by atoms with Crippen molar-refractivity contribution in [2.24, 2.45) is 0 Å². The van der Waals surface area contributed by atoms with Crippen molar-refractivity contribution < 1.29 is 0 Å². The maximum absolute atomic E-state index is 6.06. The molecule has 1 aliphatic heterocycles. The van der Waals surface area contributed by atoms with E-state index in [0.717, 1.165) is 49.1 Å². The van der Waals surface area contributed by atoms with Gasteiger partial charge in [-0.2, -0.15) is 0 Å².